The molecule has 0 fully saturated rings. The van der Waals surface area contributed by atoms with Gasteiger partial charge in [0, 0.05) is 17.7 Å². The van der Waals surface area contributed by atoms with Gasteiger partial charge in [0.05, 0.1) is 17.1 Å². The molecule has 5 nitrogen and oxygen atoms in total. The Morgan fingerprint density at radius 3 is 2.85 bits per heavy atom. The molecule has 0 unspecified atom stereocenters. The minimum absolute atomic E-state index is 0.0343. The zero-order valence-corrected chi connectivity index (χ0v) is 13.8. The second kappa shape index (κ2) is 7.70. The Morgan fingerprint density at radius 1 is 1.35 bits per heavy atom. The molecule has 0 aliphatic heterocycles. The minimum atomic E-state index is 0.0343. The number of amides is 1. The van der Waals surface area contributed by atoms with Crippen LogP contribution in [0.4, 0.5) is 0 Å². The Hall–Kier alpha value is -0.990. The average molecular weight is 328 g/mol. The lowest BCUT2D eigenvalue weighted by molar-refractivity contribution is -0.120. The quantitative estimate of drug-likeness (QED) is 0.624. The van der Waals surface area contributed by atoms with Crippen molar-refractivity contribution >= 4 is 40.3 Å². The van der Waals surface area contributed by atoms with Crippen LogP contribution in [0.2, 0.25) is 0 Å². The van der Waals surface area contributed by atoms with Crippen LogP contribution in [0.3, 0.4) is 0 Å². The first-order valence-corrected chi connectivity index (χ1v) is 8.92. The van der Waals surface area contributed by atoms with Crippen LogP contribution in [-0.4, -0.2) is 33.4 Å². The van der Waals surface area contributed by atoms with E-state index in [-0.39, 0.29) is 5.91 Å². The van der Waals surface area contributed by atoms with Crippen molar-refractivity contribution in [3.63, 3.8) is 0 Å². The lowest BCUT2D eigenvalue weighted by Gasteiger charge is -2.03. The van der Waals surface area contributed by atoms with Crippen LogP contribution in [-0.2, 0) is 11.2 Å². The first-order chi connectivity index (χ1) is 9.63. The second-order valence-electron chi connectivity index (χ2n) is 4.17. The monoisotopic (exact) mass is 328 g/mol. The van der Waals surface area contributed by atoms with E-state index in [1.807, 2.05) is 19.2 Å². The summed E-state index contributed by atoms with van der Waals surface area (Å²) in [7, 11) is 0. The molecule has 20 heavy (non-hydrogen) atoms. The van der Waals surface area contributed by atoms with E-state index in [1.165, 1.54) is 0 Å². The predicted molar refractivity (Wildman–Crippen MR) is 83.6 cm³/mol. The molecule has 0 aromatic carbocycles. The maximum atomic E-state index is 11.7. The summed E-state index contributed by atoms with van der Waals surface area (Å²) >= 11 is 4.86. The molecule has 0 spiro atoms. The number of hydrogen-bond acceptors (Lipinski definition) is 7. The first kappa shape index (κ1) is 15.4. The molecule has 0 saturated carbocycles. The lowest BCUT2D eigenvalue weighted by Crippen LogP contribution is -2.26. The highest BCUT2D eigenvalue weighted by Gasteiger charge is 2.06. The summed E-state index contributed by atoms with van der Waals surface area (Å²) < 4.78 is 0.992. The molecular weight excluding hydrogens is 312 g/mol. The van der Waals surface area contributed by atoms with E-state index in [4.69, 9.17) is 0 Å². The van der Waals surface area contributed by atoms with E-state index in [2.05, 4.69) is 20.5 Å². The van der Waals surface area contributed by atoms with Gasteiger partial charge in [-0.05, 0) is 20.3 Å². The summed E-state index contributed by atoms with van der Waals surface area (Å²) in [4.78, 5) is 16.0. The molecule has 0 bridgehead atoms. The summed E-state index contributed by atoms with van der Waals surface area (Å²) in [6.45, 7) is 4.58. The molecule has 0 aliphatic carbocycles. The van der Waals surface area contributed by atoms with E-state index in [1.54, 1.807) is 34.4 Å². The molecule has 1 amide bonds. The van der Waals surface area contributed by atoms with Gasteiger partial charge in [-0.1, -0.05) is 23.1 Å². The molecule has 1 N–H and O–H groups in total. The third-order valence-corrected chi connectivity index (χ3v) is 5.27. The largest absolute Gasteiger partial charge is 0.356 e. The van der Waals surface area contributed by atoms with Crippen LogP contribution in [0.15, 0.2) is 9.72 Å². The van der Waals surface area contributed by atoms with Gasteiger partial charge >= 0.3 is 0 Å². The molecule has 8 heteroatoms. The van der Waals surface area contributed by atoms with Gasteiger partial charge in [0.2, 0.25) is 5.91 Å². The SMILES string of the molecule is Cc1nc(CC(=O)NCCCSc2nnc(C)s2)cs1. The number of nitrogens with one attached hydrogen (secondary N) is 1. The highest BCUT2D eigenvalue weighted by Crippen LogP contribution is 2.21. The number of aryl methyl sites for hydroxylation is 2. The molecule has 2 aromatic heterocycles. The van der Waals surface area contributed by atoms with Crippen molar-refractivity contribution in [2.75, 3.05) is 12.3 Å². The topological polar surface area (TPSA) is 67.8 Å². The lowest BCUT2D eigenvalue weighted by atomic mass is 10.3. The van der Waals surface area contributed by atoms with Crippen LogP contribution >= 0.6 is 34.4 Å². The summed E-state index contributed by atoms with van der Waals surface area (Å²) in [5, 5.41) is 14.8. The summed E-state index contributed by atoms with van der Waals surface area (Å²) in [6, 6.07) is 0. The molecule has 0 aliphatic rings. The fourth-order valence-corrected chi connectivity index (χ4v) is 3.95. The third-order valence-electron chi connectivity index (χ3n) is 2.38. The summed E-state index contributed by atoms with van der Waals surface area (Å²) in [5.41, 5.74) is 0.851. The standard InChI is InChI=1S/C12H16N4OS3/c1-8-14-10(7-19-8)6-11(17)13-4-3-5-18-12-16-15-9(2)20-12/h7H,3-6H2,1-2H3,(H,13,17). The fourth-order valence-electron chi connectivity index (χ4n) is 1.51. The number of carbonyl (C=O) groups excluding carboxylic acids is 1. The average Bonchev–Trinajstić information content (AvgIpc) is 2.98. The Morgan fingerprint density at radius 2 is 2.20 bits per heavy atom. The number of aromatic nitrogens is 3. The van der Waals surface area contributed by atoms with E-state index in [9.17, 15) is 4.79 Å². The van der Waals surface area contributed by atoms with E-state index in [0.29, 0.717) is 13.0 Å². The van der Waals surface area contributed by atoms with Crippen molar-refractivity contribution in [3.05, 3.63) is 21.1 Å². The normalized spacial score (nSPS) is 10.7. The number of nitrogens with zero attached hydrogens (tertiary/aromatic N) is 3. The zero-order valence-electron chi connectivity index (χ0n) is 11.4. The Balaban J connectivity index is 1.57. The Bertz CT molecular complexity index is 567. The first-order valence-electron chi connectivity index (χ1n) is 6.24. The highest BCUT2D eigenvalue weighted by molar-refractivity contribution is 8.01. The van der Waals surface area contributed by atoms with Gasteiger partial charge in [0.1, 0.15) is 5.01 Å². The molecule has 2 rings (SSSR count). The van der Waals surface area contributed by atoms with Gasteiger partial charge in [-0.3, -0.25) is 4.79 Å². The van der Waals surface area contributed by atoms with Crippen molar-refractivity contribution < 1.29 is 4.79 Å². The van der Waals surface area contributed by atoms with Gasteiger partial charge in [0.25, 0.3) is 0 Å². The van der Waals surface area contributed by atoms with Gasteiger partial charge in [-0.15, -0.1) is 21.5 Å². The summed E-state index contributed by atoms with van der Waals surface area (Å²) in [6.07, 6.45) is 1.29. The van der Waals surface area contributed by atoms with E-state index < -0.39 is 0 Å². The molecule has 0 saturated heterocycles. The van der Waals surface area contributed by atoms with Crippen molar-refractivity contribution in [2.45, 2.75) is 31.0 Å². The molecule has 2 heterocycles. The van der Waals surface area contributed by atoms with Crippen LogP contribution in [0.5, 0.6) is 0 Å². The number of hydrogen-bond donors (Lipinski definition) is 1. The molecule has 108 valence electrons. The molecule has 0 radical (unpaired) electrons. The van der Waals surface area contributed by atoms with E-state index >= 15 is 0 Å². The number of carbonyl (C=O) groups is 1. The van der Waals surface area contributed by atoms with Crippen LogP contribution in [0, 0.1) is 13.8 Å². The van der Waals surface area contributed by atoms with Crippen molar-refractivity contribution in [1.29, 1.82) is 0 Å². The zero-order chi connectivity index (χ0) is 14.4. The molecule has 2 aromatic rings. The molecule has 0 atom stereocenters. The van der Waals surface area contributed by atoms with Crippen LogP contribution in [0.25, 0.3) is 0 Å². The van der Waals surface area contributed by atoms with E-state index in [0.717, 1.165) is 32.2 Å². The fraction of sp³-hybridized carbons (Fsp3) is 0.500. The smallest absolute Gasteiger partial charge is 0.226 e. The third kappa shape index (κ3) is 5.18. The molecular formula is C12H16N4OS3. The maximum Gasteiger partial charge on any atom is 0.226 e. The van der Waals surface area contributed by atoms with Gasteiger partial charge in [0.15, 0.2) is 4.34 Å². The van der Waals surface area contributed by atoms with Crippen molar-refractivity contribution in [1.82, 2.24) is 20.5 Å². The Kier molecular flexibility index (Phi) is 5.93. The van der Waals surface area contributed by atoms with Crippen LogP contribution < -0.4 is 5.32 Å². The van der Waals surface area contributed by atoms with Crippen LogP contribution in [0.1, 0.15) is 22.1 Å². The van der Waals surface area contributed by atoms with Gasteiger partial charge in [-0.2, -0.15) is 0 Å². The predicted octanol–water partition coefficient (Wildman–Crippen LogP) is 2.45. The number of rotatable bonds is 7. The minimum Gasteiger partial charge on any atom is -0.356 e. The number of thioether (sulfide) groups is 1. The van der Waals surface area contributed by atoms with Gasteiger partial charge in [-0.25, -0.2) is 4.98 Å². The van der Waals surface area contributed by atoms with Crippen molar-refractivity contribution in [2.24, 2.45) is 0 Å². The van der Waals surface area contributed by atoms with Crippen molar-refractivity contribution in [3.8, 4) is 0 Å². The second-order valence-corrected chi connectivity index (χ2v) is 7.76. The highest BCUT2D eigenvalue weighted by atomic mass is 32.2. The Labute approximate surface area is 130 Å². The van der Waals surface area contributed by atoms with Gasteiger partial charge < -0.3 is 5.32 Å². The number of thiazole rings is 1. The summed E-state index contributed by atoms with van der Waals surface area (Å²) in [5.74, 6) is 0.970. The maximum absolute atomic E-state index is 11.7.